The summed E-state index contributed by atoms with van der Waals surface area (Å²) in [4.78, 5) is 5.44. The van der Waals surface area contributed by atoms with Crippen molar-refractivity contribution in [3.05, 3.63) is 40.9 Å². The molecule has 1 aromatic carbocycles. The molecule has 6 heteroatoms. The first-order valence-electron chi connectivity index (χ1n) is 8.88. The fourth-order valence-electron chi connectivity index (χ4n) is 3.33. The molecule has 2 N–H and O–H groups in total. The van der Waals surface area contributed by atoms with Crippen molar-refractivity contribution in [3.63, 3.8) is 0 Å². The van der Waals surface area contributed by atoms with Crippen molar-refractivity contribution in [1.82, 2.24) is 14.6 Å². The van der Waals surface area contributed by atoms with Gasteiger partial charge < -0.3 is 9.88 Å². The van der Waals surface area contributed by atoms with Crippen LogP contribution in [-0.2, 0) is 16.4 Å². The summed E-state index contributed by atoms with van der Waals surface area (Å²) in [7, 11) is 0.742. The second kappa shape index (κ2) is 7.72. The molecule has 2 aromatic rings. The van der Waals surface area contributed by atoms with Gasteiger partial charge in [-0.15, -0.1) is 0 Å². The number of nitrogens with zero attached hydrogens (tertiary/aromatic N) is 1. The lowest BCUT2D eigenvalue weighted by Gasteiger charge is -2.09. The lowest BCUT2D eigenvalue weighted by Crippen LogP contribution is -2.30. The average molecular weight is 362 g/mol. The van der Waals surface area contributed by atoms with Crippen LogP contribution in [-0.4, -0.2) is 45.0 Å². The molecule has 0 unspecified atom stereocenters. The first-order chi connectivity index (χ1) is 11.9. The maximum absolute atomic E-state index is 12.2. The quantitative estimate of drug-likeness (QED) is 0.796. The molecule has 1 saturated carbocycles. The van der Waals surface area contributed by atoms with Gasteiger partial charge in [0.2, 0.25) is 10.0 Å². The second-order valence-electron chi connectivity index (χ2n) is 7.12. The molecule has 0 amide bonds. The van der Waals surface area contributed by atoms with Gasteiger partial charge in [0.25, 0.3) is 0 Å². The summed E-state index contributed by atoms with van der Waals surface area (Å²) in [6, 6.07) is 6.10. The van der Waals surface area contributed by atoms with Gasteiger partial charge >= 0.3 is 0 Å². The van der Waals surface area contributed by atoms with E-state index in [4.69, 9.17) is 0 Å². The van der Waals surface area contributed by atoms with Crippen LogP contribution in [0, 0.1) is 0 Å². The van der Waals surface area contributed by atoms with E-state index in [9.17, 15) is 8.42 Å². The van der Waals surface area contributed by atoms with Crippen molar-refractivity contribution in [3.8, 4) is 0 Å². The van der Waals surface area contributed by atoms with Gasteiger partial charge in [0.1, 0.15) is 0 Å². The lowest BCUT2D eigenvalue weighted by molar-refractivity contribution is 0.414. The van der Waals surface area contributed by atoms with Gasteiger partial charge in [0, 0.05) is 35.1 Å². The van der Waals surface area contributed by atoms with Crippen LogP contribution in [0.3, 0.4) is 0 Å². The number of likely N-dealkylation sites (N-methyl/N-ethyl adjacent to an activating group) is 1. The van der Waals surface area contributed by atoms with Gasteiger partial charge in [-0.25, -0.2) is 13.1 Å². The number of aromatic nitrogens is 1. The number of rotatable bonds is 7. The molecule has 1 aliphatic carbocycles. The van der Waals surface area contributed by atoms with Crippen LogP contribution in [0.4, 0.5) is 0 Å². The van der Waals surface area contributed by atoms with Crippen LogP contribution < -0.4 is 4.72 Å². The summed E-state index contributed by atoms with van der Waals surface area (Å²) in [5.41, 5.74) is 3.23. The van der Waals surface area contributed by atoms with Crippen LogP contribution >= 0.6 is 0 Å². The highest BCUT2D eigenvalue weighted by atomic mass is 32.2. The normalized spacial score (nSPS) is 16.6. The zero-order valence-electron chi connectivity index (χ0n) is 15.0. The monoisotopic (exact) mass is 361 g/mol. The van der Waals surface area contributed by atoms with Gasteiger partial charge in [-0.1, -0.05) is 18.9 Å². The van der Waals surface area contributed by atoms with Gasteiger partial charge in [-0.3, -0.25) is 0 Å². The highest BCUT2D eigenvalue weighted by molar-refractivity contribution is 7.92. The molecule has 0 saturated heterocycles. The minimum absolute atomic E-state index is 0.0967. The molecule has 1 aromatic heterocycles. The predicted octanol–water partition coefficient (Wildman–Crippen LogP) is 3.10. The number of H-pyrrole nitrogens is 1. The molecule has 5 nitrogen and oxygen atoms in total. The first kappa shape index (κ1) is 18.2. The molecule has 3 rings (SSSR count). The molecule has 1 fully saturated rings. The molecular weight excluding hydrogens is 334 g/mol. The smallest absolute Gasteiger partial charge is 0.233 e. The molecule has 1 heterocycles. The van der Waals surface area contributed by atoms with E-state index in [0.717, 1.165) is 55.1 Å². The van der Waals surface area contributed by atoms with Crippen LogP contribution in [0.2, 0.25) is 0 Å². The summed E-state index contributed by atoms with van der Waals surface area (Å²) in [5, 5.41) is 2.45. The van der Waals surface area contributed by atoms with Crippen molar-refractivity contribution in [2.45, 2.75) is 38.1 Å². The number of sulfonamides is 1. The largest absolute Gasteiger partial charge is 0.361 e. The van der Waals surface area contributed by atoms with E-state index >= 15 is 0 Å². The molecule has 0 spiro atoms. The molecule has 0 radical (unpaired) electrons. The SMILES string of the molecule is CN(C)CCc1c[nH]c2ccc(C=CS(=O)(=O)NC3CCCC3)cc12. The average Bonchev–Trinajstić information content (AvgIpc) is 3.20. The fraction of sp³-hybridized carbons (Fsp3) is 0.474. The lowest BCUT2D eigenvalue weighted by atomic mass is 10.1. The highest BCUT2D eigenvalue weighted by Gasteiger charge is 2.19. The van der Waals surface area contributed by atoms with Crippen LogP contribution in [0.15, 0.2) is 29.8 Å². The van der Waals surface area contributed by atoms with E-state index in [0.29, 0.717) is 0 Å². The Hall–Kier alpha value is -1.63. The van der Waals surface area contributed by atoms with E-state index in [1.54, 1.807) is 6.08 Å². The number of fused-ring (bicyclic) bond motifs is 1. The third-order valence-electron chi connectivity index (χ3n) is 4.75. The van der Waals surface area contributed by atoms with Crippen molar-refractivity contribution >= 4 is 27.0 Å². The number of hydrogen-bond donors (Lipinski definition) is 2. The van der Waals surface area contributed by atoms with Gasteiger partial charge in [0.15, 0.2) is 0 Å². The Balaban J connectivity index is 1.75. The van der Waals surface area contributed by atoms with E-state index in [1.165, 1.54) is 11.0 Å². The minimum atomic E-state index is -3.38. The van der Waals surface area contributed by atoms with Crippen molar-refractivity contribution in [2.75, 3.05) is 20.6 Å². The molecule has 0 atom stereocenters. The Kier molecular flexibility index (Phi) is 5.61. The summed E-state index contributed by atoms with van der Waals surface area (Å²) >= 11 is 0. The summed E-state index contributed by atoms with van der Waals surface area (Å²) in [6.07, 6.45) is 8.78. The molecule has 1 aliphatic rings. The number of nitrogens with one attached hydrogen (secondary N) is 2. The van der Waals surface area contributed by atoms with Crippen molar-refractivity contribution < 1.29 is 8.42 Å². The Bertz CT molecular complexity index is 847. The summed E-state index contributed by atoms with van der Waals surface area (Å²) in [6.45, 7) is 0.979. The third-order valence-corrected chi connectivity index (χ3v) is 5.90. The van der Waals surface area contributed by atoms with E-state index in [2.05, 4.69) is 34.8 Å². The molecule has 0 bridgehead atoms. The van der Waals surface area contributed by atoms with E-state index in [-0.39, 0.29) is 6.04 Å². The Morgan fingerprint density at radius 1 is 1.28 bits per heavy atom. The Labute approximate surface area is 150 Å². The molecular formula is C19H27N3O2S. The van der Waals surface area contributed by atoms with Crippen LogP contribution in [0.25, 0.3) is 17.0 Å². The van der Waals surface area contributed by atoms with Crippen LogP contribution in [0.1, 0.15) is 36.8 Å². The molecule has 136 valence electrons. The van der Waals surface area contributed by atoms with E-state index < -0.39 is 10.0 Å². The zero-order valence-corrected chi connectivity index (χ0v) is 15.8. The fourth-order valence-corrected chi connectivity index (χ4v) is 4.45. The number of aromatic amines is 1. The Morgan fingerprint density at radius 3 is 2.76 bits per heavy atom. The molecule has 25 heavy (non-hydrogen) atoms. The Morgan fingerprint density at radius 2 is 2.04 bits per heavy atom. The zero-order chi connectivity index (χ0) is 17.9. The van der Waals surface area contributed by atoms with Gasteiger partial charge in [-0.2, -0.15) is 0 Å². The first-order valence-corrected chi connectivity index (χ1v) is 10.4. The maximum Gasteiger partial charge on any atom is 0.233 e. The minimum Gasteiger partial charge on any atom is -0.361 e. The number of benzene rings is 1. The standard InChI is InChI=1S/C19H27N3O2S/c1-22(2)11-9-16-14-20-19-8-7-15(13-18(16)19)10-12-25(23,24)21-17-5-3-4-6-17/h7-8,10,12-14,17,20-21H,3-6,9,11H2,1-2H3. The third kappa shape index (κ3) is 4.93. The van der Waals surface area contributed by atoms with Crippen LogP contribution in [0.5, 0.6) is 0 Å². The van der Waals surface area contributed by atoms with E-state index in [1.807, 2.05) is 18.3 Å². The van der Waals surface area contributed by atoms with Gasteiger partial charge in [0.05, 0.1) is 0 Å². The van der Waals surface area contributed by atoms with Crippen molar-refractivity contribution in [1.29, 1.82) is 0 Å². The highest BCUT2D eigenvalue weighted by Crippen LogP contribution is 2.22. The van der Waals surface area contributed by atoms with Crippen molar-refractivity contribution in [2.24, 2.45) is 0 Å². The second-order valence-corrected chi connectivity index (χ2v) is 8.72. The molecule has 0 aliphatic heterocycles. The predicted molar refractivity (Wildman–Crippen MR) is 104 cm³/mol. The maximum atomic E-state index is 12.2. The number of hydrogen-bond acceptors (Lipinski definition) is 3. The topological polar surface area (TPSA) is 65.2 Å². The summed E-state index contributed by atoms with van der Waals surface area (Å²) < 4.78 is 27.2. The van der Waals surface area contributed by atoms with Gasteiger partial charge in [-0.05, 0) is 62.7 Å². The summed E-state index contributed by atoms with van der Waals surface area (Å²) in [5.74, 6) is 0.